The molecular formula is C21H37N3S. The minimum Gasteiger partial charge on any atom is -0.286 e. The molecule has 0 aromatic carbocycles. The lowest BCUT2D eigenvalue weighted by Crippen LogP contribution is -2.72. The van der Waals surface area contributed by atoms with Crippen molar-refractivity contribution in [3.05, 3.63) is 0 Å². The van der Waals surface area contributed by atoms with Gasteiger partial charge in [-0.25, -0.2) is 0 Å². The largest absolute Gasteiger partial charge is 0.286 e. The molecule has 1 aliphatic heterocycles. The molecule has 0 radical (unpaired) electrons. The number of fused-ring (bicyclic) bond motifs is 1. The third-order valence-electron chi connectivity index (χ3n) is 8.18. The molecule has 3 nitrogen and oxygen atoms in total. The highest BCUT2D eigenvalue weighted by Crippen LogP contribution is 2.56. The molecule has 4 heteroatoms. The third kappa shape index (κ3) is 3.66. The lowest BCUT2D eigenvalue weighted by Gasteiger charge is -2.48. The van der Waals surface area contributed by atoms with Gasteiger partial charge in [0.1, 0.15) is 0 Å². The summed E-state index contributed by atoms with van der Waals surface area (Å²) in [6.07, 6.45) is 18.5. The van der Waals surface area contributed by atoms with E-state index >= 15 is 0 Å². The molecule has 0 amide bonds. The van der Waals surface area contributed by atoms with Crippen LogP contribution in [0.15, 0.2) is 0 Å². The SMILES string of the molecule is SC1CCCC(C2NC(C3CCCCC3)NC(C3CCC4CC43)N2)C1. The second-order valence-corrected chi connectivity index (χ2v) is 10.5. The zero-order chi connectivity index (χ0) is 16.8. The summed E-state index contributed by atoms with van der Waals surface area (Å²) in [6, 6.07) is 0. The molecule has 4 saturated carbocycles. The van der Waals surface area contributed by atoms with Crippen molar-refractivity contribution in [1.29, 1.82) is 0 Å². The Morgan fingerprint density at radius 1 is 0.520 bits per heavy atom. The first-order chi connectivity index (χ1) is 12.3. The van der Waals surface area contributed by atoms with Crippen LogP contribution in [0.1, 0.15) is 77.0 Å². The Kier molecular flexibility index (Phi) is 5.08. The Labute approximate surface area is 159 Å². The van der Waals surface area contributed by atoms with Crippen molar-refractivity contribution in [2.75, 3.05) is 0 Å². The van der Waals surface area contributed by atoms with Crippen LogP contribution >= 0.6 is 12.6 Å². The van der Waals surface area contributed by atoms with Gasteiger partial charge in [0.25, 0.3) is 0 Å². The van der Waals surface area contributed by atoms with Crippen LogP contribution in [-0.4, -0.2) is 23.7 Å². The predicted octanol–water partition coefficient (Wildman–Crippen LogP) is 3.86. The van der Waals surface area contributed by atoms with Crippen molar-refractivity contribution < 1.29 is 0 Å². The van der Waals surface area contributed by atoms with Gasteiger partial charge in [-0.3, -0.25) is 16.0 Å². The minimum absolute atomic E-state index is 0.505. The van der Waals surface area contributed by atoms with Gasteiger partial charge in [-0.2, -0.15) is 12.6 Å². The molecule has 1 saturated heterocycles. The Morgan fingerprint density at radius 3 is 1.92 bits per heavy atom. The lowest BCUT2D eigenvalue weighted by atomic mass is 9.82. The molecule has 142 valence electrons. The summed E-state index contributed by atoms with van der Waals surface area (Å²) in [5, 5.41) is 12.8. The predicted molar refractivity (Wildman–Crippen MR) is 106 cm³/mol. The molecule has 5 rings (SSSR count). The van der Waals surface area contributed by atoms with E-state index in [-0.39, 0.29) is 0 Å². The molecule has 0 aromatic rings. The Hall–Kier alpha value is 0.230. The maximum Gasteiger partial charge on any atom is 0.0627 e. The highest BCUT2D eigenvalue weighted by Gasteiger charge is 2.52. The quantitative estimate of drug-likeness (QED) is 0.575. The van der Waals surface area contributed by atoms with Crippen molar-refractivity contribution in [3.63, 3.8) is 0 Å². The average Bonchev–Trinajstić information content (AvgIpc) is 3.32. The first kappa shape index (κ1) is 17.3. The summed E-state index contributed by atoms with van der Waals surface area (Å²) in [5.41, 5.74) is 0. The molecule has 0 aromatic heterocycles. The molecule has 0 spiro atoms. The van der Waals surface area contributed by atoms with E-state index in [4.69, 9.17) is 12.6 Å². The fourth-order valence-corrected chi connectivity index (χ4v) is 7.10. The van der Waals surface area contributed by atoms with Crippen LogP contribution in [0.4, 0.5) is 0 Å². The Morgan fingerprint density at radius 2 is 1.24 bits per heavy atom. The van der Waals surface area contributed by atoms with Gasteiger partial charge in [0, 0.05) is 5.25 Å². The van der Waals surface area contributed by atoms with E-state index in [9.17, 15) is 0 Å². The standard InChI is InChI=1S/C21H37N3S/c25-16-8-4-7-15(11-16)20-22-19(13-5-2-1-3-6-13)23-21(24-20)17-10-9-14-12-18(14)17/h13-25H,1-12H2. The van der Waals surface area contributed by atoms with Crippen LogP contribution in [0, 0.1) is 29.6 Å². The van der Waals surface area contributed by atoms with E-state index in [1.807, 2.05) is 0 Å². The van der Waals surface area contributed by atoms with Crippen molar-refractivity contribution >= 4 is 12.6 Å². The van der Waals surface area contributed by atoms with E-state index in [1.165, 1.54) is 77.0 Å². The van der Waals surface area contributed by atoms with Gasteiger partial charge in [0.15, 0.2) is 0 Å². The summed E-state index contributed by atoms with van der Waals surface area (Å²) < 4.78 is 0. The highest BCUT2D eigenvalue weighted by atomic mass is 32.1. The fraction of sp³-hybridized carbons (Fsp3) is 1.00. The van der Waals surface area contributed by atoms with E-state index in [0.29, 0.717) is 23.7 Å². The molecular weight excluding hydrogens is 326 g/mol. The number of hydrogen-bond acceptors (Lipinski definition) is 4. The summed E-state index contributed by atoms with van der Waals surface area (Å²) >= 11 is 4.82. The molecule has 25 heavy (non-hydrogen) atoms. The second kappa shape index (κ2) is 7.33. The molecule has 1 heterocycles. The summed E-state index contributed by atoms with van der Waals surface area (Å²) in [4.78, 5) is 0. The van der Waals surface area contributed by atoms with Gasteiger partial charge < -0.3 is 0 Å². The van der Waals surface area contributed by atoms with E-state index in [1.54, 1.807) is 0 Å². The third-order valence-corrected chi connectivity index (χ3v) is 8.65. The van der Waals surface area contributed by atoms with E-state index in [2.05, 4.69) is 16.0 Å². The first-order valence-electron chi connectivity index (χ1n) is 11.2. The van der Waals surface area contributed by atoms with Crippen LogP contribution in [0.3, 0.4) is 0 Å². The Balaban J connectivity index is 1.31. The van der Waals surface area contributed by atoms with Crippen LogP contribution in [0.2, 0.25) is 0 Å². The van der Waals surface area contributed by atoms with Gasteiger partial charge in [-0.05, 0) is 81.0 Å². The molecule has 0 bridgehead atoms. The number of thiol groups is 1. The van der Waals surface area contributed by atoms with Gasteiger partial charge in [-0.15, -0.1) is 0 Å². The van der Waals surface area contributed by atoms with Crippen LogP contribution < -0.4 is 16.0 Å². The molecule has 8 unspecified atom stereocenters. The zero-order valence-corrected chi connectivity index (χ0v) is 16.5. The summed E-state index contributed by atoms with van der Waals surface area (Å²) in [7, 11) is 0. The van der Waals surface area contributed by atoms with Crippen molar-refractivity contribution in [1.82, 2.24) is 16.0 Å². The Bertz CT molecular complexity index is 466. The summed E-state index contributed by atoms with van der Waals surface area (Å²) in [6.45, 7) is 0. The monoisotopic (exact) mass is 363 g/mol. The van der Waals surface area contributed by atoms with Crippen molar-refractivity contribution in [2.45, 2.75) is 101 Å². The molecule has 3 N–H and O–H groups in total. The van der Waals surface area contributed by atoms with Gasteiger partial charge in [-0.1, -0.05) is 25.7 Å². The van der Waals surface area contributed by atoms with Gasteiger partial charge in [0.2, 0.25) is 0 Å². The molecule has 8 atom stereocenters. The molecule has 5 fully saturated rings. The molecule has 5 aliphatic rings. The average molecular weight is 364 g/mol. The first-order valence-corrected chi connectivity index (χ1v) is 11.8. The van der Waals surface area contributed by atoms with Crippen LogP contribution in [0.25, 0.3) is 0 Å². The highest BCUT2D eigenvalue weighted by molar-refractivity contribution is 7.80. The smallest absolute Gasteiger partial charge is 0.0627 e. The van der Waals surface area contributed by atoms with E-state index in [0.717, 1.165) is 29.6 Å². The van der Waals surface area contributed by atoms with Gasteiger partial charge in [0.05, 0.1) is 18.5 Å². The van der Waals surface area contributed by atoms with Crippen molar-refractivity contribution in [3.8, 4) is 0 Å². The molecule has 4 aliphatic carbocycles. The van der Waals surface area contributed by atoms with Gasteiger partial charge >= 0.3 is 0 Å². The zero-order valence-electron chi connectivity index (χ0n) is 15.6. The second-order valence-electron chi connectivity index (χ2n) is 9.81. The number of hydrogen-bond donors (Lipinski definition) is 4. The maximum absolute atomic E-state index is 4.82. The fourth-order valence-electron chi connectivity index (χ4n) is 6.65. The number of rotatable bonds is 3. The lowest BCUT2D eigenvalue weighted by molar-refractivity contribution is 0.0662. The van der Waals surface area contributed by atoms with Crippen LogP contribution in [0.5, 0.6) is 0 Å². The van der Waals surface area contributed by atoms with E-state index < -0.39 is 0 Å². The number of nitrogens with one attached hydrogen (secondary N) is 3. The van der Waals surface area contributed by atoms with Crippen molar-refractivity contribution in [2.24, 2.45) is 29.6 Å². The maximum atomic E-state index is 4.82. The normalized spacial score (nSPS) is 51.2. The summed E-state index contributed by atoms with van der Waals surface area (Å²) in [5.74, 6) is 4.60. The topological polar surface area (TPSA) is 36.1 Å². The minimum atomic E-state index is 0.505. The van der Waals surface area contributed by atoms with Crippen LogP contribution in [-0.2, 0) is 0 Å².